The summed E-state index contributed by atoms with van der Waals surface area (Å²) in [6.45, 7) is 13.8. The van der Waals surface area contributed by atoms with Crippen molar-refractivity contribution in [3.05, 3.63) is 140 Å². The van der Waals surface area contributed by atoms with Crippen molar-refractivity contribution in [1.82, 2.24) is 29.0 Å². The van der Waals surface area contributed by atoms with Crippen molar-refractivity contribution in [1.29, 1.82) is 0 Å². The van der Waals surface area contributed by atoms with Crippen molar-refractivity contribution in [2.45, 2.75) is 157 Å². The summed E-state index contributed by atoms with van der Waals surface area (Å²) in [6, 6.07) is 31.8. The van der Waals surface area contributed by atoms with Gasteiger partial charge in [-0.1, -0.05) is 119 Å². The van der Waals surface area contributed by atoms with Gasteiger partial charge < -0.3 is 20.4 Å². The predicted octanol–water partition coefficient (Wildman–Crippen LogP) is 13.2. The smallest absolute Gasteiger partial charge is 0.252 e. The molecular formula is C59H82Cl2N6O6S4. The lowest BCUT2D eigenvalue weighted by atomic mass is 10.0. The number of thiophene rings is 2. The molecule has 0 radical (unpaired) electrons. The van der Waals surface area contributed by atoms with E-state index in [9.17, 15) is 26.4 Å². The molecule has 2 saturated heterocycles. The van der Waals surface area contributed by atoms with Crippen molar-refractivity contribution in [3.63, 3.8) is 0 Å². The number of sulfonamides is 2. The number of nitrogens with zero attached hydrogens (tertiary/aromatic N) is 4. The number of rotatable bonds is 29. The third-order valence-corrected chi connectivity index (χ3v) is 22.0. The molecule has 7 rings (SSSR count). The zero-order valence-corrected chi connectivity index (χ0v) is 50.3. The average Bonchev–Trinajstić information content (AvgIpc) is 4.15. The van der Waals surface area contributed by atoms with Crippen molar-refractivity contribution in [3.8, 4) is 0 Å². The fraction of sp³-hybridized carbons (Fsp3) is 0.525. The van der Waals surface area contributed by atoms with Crippen LogP contribution in [-0.2, 0) is 39.6 Å². The molecule has 0 aliphatic carbocycles. The summed E-state index contributed by atoms with van der Waals surface area (Å²) in [7, 11) is -7.08. The fourth-order valence-corrected chi connectivity index (χ4v) is 16.1. The van der Waals surface area contributed by atoms with Crippen LogP contribution in [0.5, 0.6) is 0 Å². The molecule has 0 atom stereocenters. The Kier molecular flexibility index (Phi) is 26.4. The van der Waals surface area contributed by atoms with Gasteiger partial charge in [-0.3, -0.25) is 9.59 Å². The van der Waals surface area contributed by atoms with Crippen LogP contribution in [0.2, 0.25) is 10.0 Å². The molecule has 2 amide bonds. The van der Waals surface area contributed by atoms with E-state index >= 15 is 0 Å². The van der Waals surface area contributed by atoms with Crippen LogP contribution in [0.15, 0.2) is 112 Å². The van der Waals surface area contributed by atoms with Crippen LogP contribution in [0, 0.1) is 0 Å². The maximum absolute atomic E-state index is 13.5. The van der Waals surface area contributed by atoms with Gasteiger partial charge in [-0.15, -0.1) is 22.7 Å². The van der Waals surface area contributed by atoms with Crippen LogP contribution >= 0.6 is 45.9 Å². The molecule has 2 fully saturated rings. The minimum absolute atomic E-state index is 0.214. The molecule has 0 unspecified atom stereocenters. The van der Waals surface area contributed by atoms with E-state index in [2.05, 4.69) is 71.5 Å². The van der Waals surface area contributed by atoms with E-state index in [1.165, 1.54) is 92.4 Å². The SMILES string of the molecule is CCCCCCN(CCCC)C1CCN(S(=O)(=O)c2ccc(CNC(=O)c3ccc(Cl)cc3)s2)CC1.CCCCCCN(CCCc1ccccc1)C1CCN(S(=O)(=O)c2ccc(CNC(=O)c3ccc(Cl)cc3)s2)CC1. The first-order valence-electron chi connectivity index (χ1n) is 28.0. The number of unbranched alkanes of at least 4 members (excludes halogenated alkanes) is 7. The van der Waals surface area contributed by atoms with Gasteiger partial charge in [0, 0.05) is 69.2 Å². The van der Waals surface area contributed by atoms with Crippen molar-refractivity contribution in [2.75, 3.05) is 52.4 Å². The van der Waals surface area contributed by atoms with E-state index in [4.69, 9.17) is 23.2 Å². The molecule has 0 spiro atoms. The van der Waals surface area contributed by atoms with Gasteiger partial charge in [-0.05, 0) is 162 Å². The number of hydrogen-bond donors (Lipinski definition) is 2. The highest BCUT2D eigenvalue weighted by molar-refractivity contribution is 7.91. The zero-order valence-electron chi connectivity index (χ0n) is 45.5. The Labute approximate surface area is 479 Å². The Morgan fingerprint density at radius 2 is 0.896 bits per heavy atom. The molecule has 4 heterocycles. The number of aryl methyl sites for hydroxylation is 1. The zero-order chi connectivity index (χ0) is 55.0. The van der Waals surface area contributed by atoms with Gasteiger partial charge in [0.25, 0.3) is 31.9 Å². The predicted molar refractivity (Wildman–Crippen MR) is 319 cm³/mol. The Morgan fingerprint density at radius 1 is 0.506 bits per heavy atom. The maximum atomic E-state index is 13.5. The molecule has 0 saturated carbocycles. The van der Waals surface area contributed by atoms with Gasteiger partial charge in [0.2, 0.25) is 0 Å². The highest BCUT2D eigenvalue weighted by Crippen LogP contribution is 2.31. The van der Waals surface area contributed by atoms with Crippen molar-refractivity contribution >= 4 is 77.7 Å². The molecule has 3 aromatic carbocycles. The molecular weight excluding hydrogens is 1090 g/mol. The molecule has 422 valence electrons. The fourth-order valence-electron chi connectivity index (χ4n) is 10.0. The summed E-state index contributed by atoms with van der Waals surface area (Å²) in [6.07, 6.45) is 18.0. The molecule has 77 heavy (non-hydrogen) atoms. The highest BCUT2D eigenvalue weighted by atomic mass is 35.5. The van der Waals surface area contributed by atoms with Crippen LogP contribution < -0.4 is 10.6 Å². The molecule has 0 bridgehead atoms. The molecule has 2 aliphatic heterocycles. The van der Waals surface area contributed by atoms with Crippen LogP contribution in [0.4, 0.5) is 0 Å². The Balaban J connectivity index is 0.000000252. The summed E-state index contributed by atoms with van der Waals surface area (Å²) in [4.78, 5) is 31.6. The van der Waals surface area contributed by atoms with Crippen molar-refractivity contribution < 1.29 is 26.4 Å². The van der Waals surface area contributed by atoms with Crippen LogP contribution in [-0.4, -0.2) is 112 Å². The summed E-state index contributed by atoms with van der Waals surface area (Å²) in [5, 5.41) is 6.86. The maximum Gasteiger partial charge on any atom is 0.252 e. The van der Waals surface area contributed by atoms with Gasteiger partial charge in [0.05, 0.1) is 13.1 Å². The van der Waals surface area contributed by atoms with Crippen molar-refractivity contribution in [2.24, 2.45) is 0 Å². The molecule has 12 nitrogen and oxygen atoms in total. The Bertz CT molecular complexity index is 2740. The van der Waals surface area contributed by atoms with E-state index in [1.807, 2.05) is 0 Å². The summed E-state index contributed by atoms with van der Waals surface area (Å²) in [5.74, 6) is -0.432. The largest absolute Gasteiger partial charge is 0.347 e. The first kappa shape index (κ1) is 62.5. The number of piperidine rings is 2. The highest BCUT2D eigenvalue weighted by Gasteiger charge is 2.34. The summed E-state index contributed by atoms with van der Waals surface area (Å²) in [5.41, 5.74) is 2.41. The number of amides is 2. The van der Waals surface area contributed by atoms with Crippen LogP contribution in [0.3, 0.4) is 0 Å². The third kappa shape index (κ3) is 19.8. The van der Waals surface area contributed by atoms with Gasteiger partial charge in [0.1, 0.15) is 8.42 Å². The van der Waals surface area contributed by atoms with Crippen LogP contribution in [0.25, 0.3) is 0 Å². The van der Waals surface area contributed by atoms with E-state index in [0.717, 1.165) is 74.5 Å². The number of carbonyl (C=O) groups is 2. The third-order valence-electron chi connectivity index (χ3n) is 14.6. The second kappa shape index (κ2) is 32.5. The standard InChI is InChI=1S/C32H42ClN3O3S2.C27H40ClN3O3S2/c1-2-3-4-8-21-35(22-9-12-26-10-6-5-7-11-26)29-19-23-36(24-20-29)41(38,39)31-18-17-30(40-31)25-34-32(37)27-13-15-28(33)16-14-27;1-3-5-7-8-18-30(17-6-4-2)24-15-19-31(20-16-24)36(33,34)26-14-13-25(35-26)21-29-27(32)22-9-11-23(28)12-10-22/h5-7,10-11,13-18,29H,2-4,8-9,12,19-25H2,1H3,(H,34,37);9-14,24H,3-8,15-21H2,1-2H3,(H,29,32). The summed E-state index contributed by atoms with van der Waals surface area (Å²) < 4.78 is 57.5. The molecule has 18 heteroatoms. The molecule has 5 aromatic rings. The lowest BCUT2D eigenvalue weighted by Crippen LogP contribution is -2.47. The number of carbonyl (C=O) groups excluding carboxylic acids is 2. The lowest BCUT2D eigenvalue weighted by Gasteiger charge is -2.38. The number of hydrogen-bond acceptors (Lipinski definition) is 10. The molecule has 2 N–H and O–H groups in total. The van der Waals surface area contributed by atoms with E-state index in [-0.39, 0.29) is 24.9 Å². The summed E-state index contributed by atoms with van der Waals surface area (Å²) >= 11 is 14.2. The van der Waals surface area contributed by atoms with Gasteiger partial charge in [-0.25, -0.2) is 16.8 Å². The Morgan fingerprint density at radius 3 is 1.30 bits per heavy atom. The first-order chi connectivity index (χ1) is 37.2. The quantitative estimate of drug-likeness (QED) is 0.0451. The van der Waals surface area contributed by atoms with E-state index in [0.29, 0.717) is 67.9 Å². The second-order valence-corrected chi connectivity index (χ2v) is 27.8. The minimum atomic E-state index is -3.56. The number of nitrogens with one attached hydrogen (secondary N) is 2. The minimum Gasteiger partial charge on any atom is -0.347 e. The monoisotopic (exact) mass is 1170 g/mol. The normalized spacial score (nSPS) is 15.2. The molecule has 2 aromatic heterocycles. The average molecular weight is 1170 g/mol. The number of halogens is 2. The number of benzene rings is 3. The van der Waals surface area contributed by atoms with E-state index in [1.54, 1.807) is 81.4 Å². The van der Waals surface area contributed by atoms with Gasteiger partial charge >= 0.3 is 0 Å². The lowest BCUT2D eigenvalue weighted by molar-refractivity contribution is 0.0943. The van der Waals surface area contributed by atoms with Gasteiger partial charge in [-0.2, -0.15) is 8.61 Å². The van der Waals surface area contributed by atoms with E-state index < -0.39 is 20.0 Å². The molecule has 2 aliphatic rings. The van der Waals surface area contributed by atoms with Gasteiger partial charge in [0.15, 0.2) is 0 Å². The first-order valence-corrected chi connectivity index (χ1v) is 33.3. The second-order valence-electron chi connectivity index (χ2n) is 20.2. The van der Waals surface area contributed by atoms with Crippen LogP contribution in [0.1, 0.15) is 153 Å². The Hall–Kier alpha value is -3.68. The topological polar surface area (TPSA) is 139 Å².